The standard InChI is InChI=1S/C14H19N3O3/c1-14(2,3)13-16-12(20-17-13)8-6-10(18-4)11(19-5)7-9(8)15/h6-7H,15H2,1-5H3. The van der Waals surface area contributed by atoms with E-state index in [-0.39, 0.29) is 5.41 Å². The van der Waals surface area contributed by atoms with E-state index in [0.29, 0.717) is 34.5 Å². The van der Waals surface area contributed by atoms with E-state index in [1.54, 1.807) is 26.4 Å². The Morgan fingerprint density at radius 1 is 1.10 bits per heavy atom. The van der Waals surface area contributed by atoms with Crippen molar-refractivity contribution in [2.45, 2.75) is 26.2 Å². The number of hydrogen-bond acceptors (Lipinski definition) is 6. The maximum Gasteiger partial charge on any atom is 0.260 e. The molecule has 108 valence electrons. The number of anilines is 1. The third kappa shape index (κ3) is 2.54. The second-order valence-corrected chi connectivity index (χ2v) is 5.47. The van der Waals surface area contributed by atoms with Crippen LogP contribution in [0, 0.1) is 0 Å². The Labute approximate surface area is 117 Å². The van der Waals surface area contributed by atoms with Crippen LogP contribution < -0.4 is 15.2 Å². The summed E-state index contributed by atoms with van der Waals surface area (Å²) in [4.78, 5) is 4.39. The van der Waals surface area contributed by atoms with Gasteiger partial charge >= 0.3 is 0 Å². The third-order valence-corrected chi connectivity index (χ3v) is 2.88. The topological polar surface area (TPSA) is 83.4 Å². The molecule has 0 radical (unpaired) electrons. The average Bonchev–Trinajstić information content (AvgIpc) is 2.87. The normalized spacial score (nSPS) is 11.4. The number of nitrogen functional groups attached to an aromatic ring is 1. The predicted molar refractivity (Wildman–Crippen MR) is 76.0 cm³/mol. The van der Waals surface area contributed by atoms with Crippen LogP contribution in [-0.2, 0) is 5.41 Å². The van der Waals surface area contributed by atoms with Crippen LogP contribution in [0.4, 0.5) is 5.69 Å². The van der Waals surface area contributed by atoms with Crippen molar-refractivity contribution >= 4 is 5.69 Å². The summed E-state index contributed by atoms with van der Waals surface area (Å²) in [6, 6.07) is 3.41. The zero-order valence-electron chi connectivity index (χ0n) is 12.4. The summed E-state index contributed by atoms with van der Waals surface area (Å²) < 4.78 is 15.7. The number of nitrogens with zero attached hydrogens (tertiary/aromatic N) is 2. The van der Waals surface area contributed by atoms with E-state index >= 15 is 0 Å². The van der Waals surface area contributed by atoms with Crippen LogP contribution in [0.5, 0.6) is 11.5 Å². The summed E-state index contributed by atoms with van der Waals surface area (Å²) in [5.41, 5.74) is 6.94. The molecular formula is C14H19N3O3. The highest BCUT2D eigenvalue weighted by atomic mass is 16.5. The van der Waals surface area contributed by atoms with Crippen LogP contribution in [0.25, 0.3) is 11.5 Å². The molecule has 2 rings (SSSR count). The monoisotopic (exact) mass is 277 g/mol. The molecule has 0 fully saturated rings. The minimum Gasteiger partial charge on any atom is -0.493 e. The lowest BCUT2D eigenvalue weighted by molar-refractivity contribution is 0.355. The first kappa shape index (κ1) is 14.2. The Balaban J connectivity index is 2.50. The van der Waals surface area contributed by atoms with Crippen molar-refractivity contribution in [1.29, 1.82) is 0 Å². The van der Waals surface area contributed by atoms with Crippen LogP contribution >= 0.6 is 0 Å². The molecule has 2 aromatic rings. The van der Waals surface area contributed by atoms with Gasteiger partial charge in [0.05, 0.1) is 19.8 Å². The molecule has 6 nitrogen and oxygen atoms in total. The van der Waals surface area contributed by atoms with Gasteiger partial charge in [-0.05, 0) is 6.07 Å². The van der Waals surface area contributed by atoms with Crippen LogP contribution in [-0.4, -0.2) is 24.4 Å². The maximum absolute atomic E-state index is 6.01. The lowest BCUT2D eigenvalue weighted by Gasteiger charge is -2.11. The molecule has 0 unspecified atom stereocenters. The van der Waals surface area contributed by atoms with Gasteiger partial charge in [0, 0.05) is 17.2 Å². The number of ether oxygens (including phenoxy) is 2. The van der Waals surface area contributed by atoms with Crippen LogP contribution in [0.3, 0.4) is 0 Å². The van der Waals surface area contributed by atoms with Crippen molar-refractivity contribution < 1.29 is 14.0 Å². The van der Waals surface area contributed by atoms with Crippen molar-refractivity contribution in [2.75, 3.05) is 20.0 Å². The molecule has 0 saturated heterocycles. The van der Waals surface area contributed by atoms with Gasteiger partial charge < -0.3 is 19.7 Å². The van der Waals surface area contributed by atoms with Crippen molar-refractivity contribution in [1.82, 2.24) is 10.1 Å². The van der Waals surface area contributed by atoms with Gasteiger partial charge in [-0.2, -0.15) is 4.98 Å². The van der Waals surface area contributed by atoms with E-state index in [0.717, 1.165) is 0 Å². The van der Waals surface area contributed by atoms with Crippen LogP contribution in [0.1, 0.15) is 26.6 Å². The molecule has 1 aromatic carbocycles. The number of hydrogen-bond donors (Lipinski definition) is 1. The van der Waals surface area contributed by atoms with E-state index in [1.807, 2.05) is 20.8 Å². The van der Waals surface area contributed by atoms with E-state index in [4.69, 9.17) is 19.7 Å². The van der Waals surface area contributed by atoms with E-state index < -0.39 is 0 Å². The fourth-order valence-corrected chi connectivity index (χ4v) is 1.72. The molecule has 0 aliphatic carbocycles. The first-order valence-electron chi connectivity index (χ1n) is 6.23. The summed E-state index contributed by atoms with van der Waals surface area (Å²) in [5.74, 6) is 2.12. The molecule has 0 aliphatic heterocycles. The zero-order valence-corrected chi connectivity index (χ0v) is 12.4. The maximum atomic E-state index is 6.01. The van der Waals surface area contributed by atoms with Gasteiger partial charge in [0.25, 0.3) is 5.89 Å². The molecule has 1 aromatic heterocycles. The Bertz CT molecular complexity index is 615. The summed E-state index contributed by atoms with van der Waals surface area (Å²) in [7, 11) is 3.12. The minimum absolute atomic E-state index is 0.187. The highest BCUT2D eigenvalue weighted by Gasteiger charge is 2.23. The Morgan fingerprint density at radius 2 is 1.70 bits per heavy atom. The molecule has 0 bridgehead atoms. The van der Waals surface area contributed by atoms with Gasteiger partial charge in [-0.25, -0.2) is 0 Å². The van der Waals surface area contributed by atoms with E-state index in [1.165, 1.54) is 0 Å². The zero-order chi connectivity index (χ0) is 14.9. The summed E-state index contributed by atoms with van der Waals surface area (Å²) in [6.07, 6.45) is 0. The molecule has 0 amide bonds. The lowest BCUT2D eigenvalue weighted by atomic mass is 9.96. The van der Waals surface area contributed by atoms with Gasteiger partial charge in [-0.3, -0.25) is 0 Å². The quantitative estimate of drug-likeness (QED) is 0.868. The number of nitrogens with two attached hydrogens (primary N) is 1. The van der Waals surface area contributed by atoms with Gasteiger partial charge in [0.15, 0.2) is 17.3 Å². The van der Waals surface area contributed by atoms with Crippen LogP contribution in [0.15, 0.2) is 16.7 Å². The fraction of sp³-hybridized carbons (Fsp3) is 0.429. The van der Waals surface area contributed by atoms with Crippen LogP contribution in [0.2, 0.25) is 0 Å². The first-order valence-corrected chi connectivity index (χ1v) is 6.23. The summed E-state index contributed by atoms with van der Waals surface area (Å²) in [6.45, 7) is 6.04. The SMILES string of the molecule is COc1cc(N)c(-c2nc(C(C)(C)C)no2)cc1OC. The molecule has 0 atom stereocenters. The second-order valence-electron chi connectivity index (χ2n) is 5.47. The Morgan fingerprint density at radius 3 is 2.20 bits per heavy atom. The summed E-state index contributed by atoms with van der Waals surface area (Å²) >= 11 is 0. The molecule has 0 saturated carbocycles. The number of methoxy groups -OCH3 is 2. The second kappa shape index (κ2) is 5.03. The van der Waals surface area contributed by atoms with Gasteiger partial charge in [-0.1, -0.05) is 25.9 Å². The largest absolute Gasteiger partial charge is 0.493 e. The van der Waals surface area contributed by atoms with E-state index in [2.05, 4.69) is 10.1 Å². The molecule has 0 spiro atoms. The number of benzene rings is 1. The van der Waals surface area contributed by atoms with Gasteiger partial charge in [0.2, 0.25) is 0 Å². The lowest BCUT2D eigenvalue weighted by Crippen LogP contribution is -2.13. The third-order valence-electron chi connectivity index (χ3n) is 2.88. The highest BCUT2D eigenvalue weighted by molar-refractivity contribution is 5.75. The highest BCUT2D eigenvalue weighted by Crippen LogP contribution is 2.37. The molecule has 2 N–H and O–H groups in total. The van der Waals surface area contributed by atoms with Crippen molar-refractivity contribution in [3.63, 3.8) is 0 Å². The Kier molecular flexibility index (Phi) is 3.57. The predicted octanol–water partition coefficient (Wildman–Crippen LogP) is 2.63. The average molecular weight is 277 g/mol. The molecule has 6 heteroatoms. The van der Waals surface area contributed by atoms with E-state index in [9.17, 15) is 0 Å². The Hall–Kier alpha value is -2.24. The minimum atomic E-state index is -0.187. The number of rotatable bonds is 3. The van der Waals surface area contributed by atoms with Gasteiger partial charge in [0.1, 0.15) is 0 Å². The van der Waals surface area contributed by atoms with Crippen molar-refractivity contribution in [2.24, 2.45) is 0 Å². The smallest absolute Gasteiger partial charge is 0.260 e. The van der Waals surface area contributed by atoms with Gasteiger partial charge in [-0.15, -0.1) is 0 Å². The molecule has 20 heavy (non-hydrogen) atoms. The van der Waals surface area contributed by atoms with Crippen molar-refractivity contribution in [3.8, 4) is 23.0 Å². The molecule has 1 heterocycles. The molecular weight excluding hydrogens is 258 g/mol. The number of aromatic nitrogens is 2. The summed E-state index contributed by atoms with van der Waals surface area (Å²) in [5, 5.41) is 3.99. The molecule has 0 aliphatic rings. The first-order chi connectivity index (χ1) is 9.36. The van der Waals surface area contributed by atoms with Crippen molar-refractivity contribution in [3.05, 3.63) is 18.0 Å². The fourth-order valence-electron chi connectivity index (χ4n) is 1.72.